The Labute approximate surface area is 217 Å². The average molecular weight is 512 g/mol. The second-order valence-corrected chi connectivity index (χ2v) is 9.53. The average Bonchev–Trinajstić information content (AvgIpc) is 3.20. The van der Waals surface area contributed by atoms with Crippen LogP contribution in [-0.2, 0) is 4.79 Å². The summed E-state index contributed by atoms with van der Waals surface area (Å²) in [4.78, 5) is 18.8. The summed E-state index contributed by atoms with van der Waals surface area (Å²) in [6.45, 7) is 3.82. The molecule has 0 atom stereocenters. The van der Waals surface area contributed by atoms with Crippen molar-refractivity contribution in [2.45, 2.75) is 18.8 Å². The van der Waals surface area contributed by atoms with Crippen LogP contribution in [0.4, 0.5) is 14.5 Å². The molecule has 1 aliphatic heterocycles. The Bertz CT molecular complexity index is 1170. The largest absolute Gasteiger partial charge is 0.366 e. The van der Waals surface area contributed by atoms with Crippen molar-refractivity contribution in [3.8, 4) is 11.1 Å². The van der Waals surface area contributed by atoms with Crippen molar-refractivity contribution < 1.29 is 13.6 Å². The number of anilines is 1. The molecule has 1 fully saturated rings. The third-order valence-corrected chi connectivity index (χ3v) is 7.35. The first-order chi connectivity index (χ1) is 17.0. The van der Waals surface area contributed by atoms with E-state index >= 15 is 0 Å². The molecule has 1 aliphatic carbocycles. The van der Waals surface area contributed by atoms with E-state index in [1.54, 1.807) is 0 Å². The summed E-state index contributed by atoms with van der Waals surface area (Å²) in [6.07, 6.45) is 1.49. The normalized spacial score (nSPS) is 15.0. The second-order valence-electron chi connectivity index (χ2n) is 9.53. The summed E-state index contributed by atoms with van der Waals surface area (Å²) in [5, 5.41) is 0. The lowest BCUT2D eigenvalue weighted by Crippen LogP contribution is -2.49. The number of rotatable bonds is 7. The maximum atomic E-state index is 14.1. The summed E-state index contributed by atoms with van der Waals surface area (Å²) < 4.78 is 27.3. The molecule has 4 nitrogen and oxygen atoms in total. The van der Waals surface area contributed by atoms with Gasteiger partial charge in [-0.15, -0.1) is 12.4 Å². The molecular formula is C29H32ClF2N3O. The van der Waals surface area contributed by atoms with Crippen LogP contribution < -0.4 is 4.90 Å². The SMILES string of the molecule is CN(CCC(=O)N1CCN(c2ccc(F)cc2F)CC1)CCC1c2ccccc2-c2ccccc21.Cl. The smallest absolute Gasteiger partial charge is 0.223 e. The molecule has 2 aliphatic rings. The number of halogens is 3. The van der Waals surface area contributed by atoms with E-state index in [9.17, 15) is 13.6 Å². The van der Waals surface area contributed by atoms with Crippen molar-refractivity contribution in [1.29, 1.82) is 0 Å². The van der Waals surface area contributed by atoms with Crippen molar-refractivity contribution in [3.05, 3.63) is 89.5 Å². The van der Waals surface area contributed by atoms with Gasteiger partial charge in [0.15, 0.2) is 0 Å². The number of hydrogen-bond acceptors (Lipinski definition) is 3. The lowest BCUT2D eigenvalue weighted by molar-refractivity contribution is -0.131. The summed E-state index contributed by atoms with van der Waals surface area (Å²) in [6, 6.07) is 21.0. The summed E-state index contributed by atoms with van der Waals surface area (Å²) in [5.74, 6) is -0.613. The summed E-state index contributed by atoms with van der Waals surface area (Å²) in [5.41, 5.74) is 5.87. The third-order valence-electron chi connectivity index (χ3n) is 7.35. The Balaban J connectivity index is 0.00000304. The van der Waals surface area contributed by atoms with E-state index in [-0.39, 0.29) is 18.3 Å². The molecule has 3 aromatic carbocycles. The van der Waals surface area contributed by atoms with Crippen LogP contribution in [0.15, 0.2) is 66.7 Å². The van der Waals surface area contributed by atoms with E-state index < -0.39 is 11.6 Å². The molecule has 0 unspecified atom stereocenters. The highest BCUT2D eigenvalue weighted by Crippen LogP contribution is 2.46. The third kappa shape index (κ3) is 5.40. The predicted octanol–water partition coefficient (Wildman–Crippen LogP) is 5.56. The highest BCUT2D eigenvalue weighted by Gasteiger charge is 2.28. The molecule has 0 spiro atoms. The van der Waals surface area contributed by atoms with Crippen LogP contribution in [0.25, 0.3) is 11.1 Å². The molecule has 0 saturated carbocycles. The molecule has 1 heterocycles. The number of carbonyl (C=O) groups excluding carboxylic acids is 1. The Morgan fingerprint density at radius 3 is 2.11 bits per heavy atom. The number of fused-ring (bicyclic) bond motifs is 3. The molecule has 1 amide bonds. The van der Waals surface area contributed by atoms with Crippen molar-refractivity contribution >= 4 is 24.0 Å². The fourth-order valence-electron chi connectivity index (χ4n) is 5.41. The van der Waals surface area contributed by atoms with Crippen LogP contribution >= 0.6 is 12.4 Å². The quantitative estimate of drug-likeness (QED) is 0.415. The van der Waals surface area contributed by atoms with Crippen LogP contribution in [0.3, 0.4) is 0 Å². The van der Waals surface area contributed by atoms with Crippen molar-refractivity contribution in [1.82, 2.24) is 9.80 Å². The zero-order valence-corrected chi connectivity index (χ0v) is 21.3. The van der Waals surface area contributed by atoms with E-state index in [0.29, 0.717) is 50.7 Å². The molecule has 0 bridgehead atoms. The highest BCUT2D eigenvalue weighted by molar-refractivity contribution is 5.85. The Morgan fingerprint density at radius 2 is 1.50 bits per heavy atom. The molecular weight excluding hydrogens is 480 g/mol. The second kappa shape index (κ2) is 11.4. The van der Waals surface area contributed by atoms with Gasteiger partial charge in [0.2, 0.25) is 5.91 Å². The number of benzene rings is 3. The number of hydrogen-bond donors (Lipinski definition) is 0. The topological polar surface area (TPSA) is 26.8 Å². The lowest BCUT2D eigenvalue weighted by Gasteiger charge is -2.36. The summed E-state index contributed by atoms with van der Waals surface area (Å²) in [7, 11) is 2.08. The minimum Gasteiger partial charge on any atom is -0.366 e. The molecule has 190 valence electrons. The van der Waals surface area contributed by atoms with E-state index in [2.05, 4.69) is 60.5 Å². The molecule has 0 N–H and O–H groups in total. The maximum absolute atomic E-state index is 14.1. The van der Waals surface area contributed by atoms with Crippen LogP contribution in [0.2, 0.25) is 0 Å². The van der Waals surface area contributed by atoms with Gasteiger partial charge in [0.05, 0.1) is 5.69 Å². The fraction of sp³-hybridized carbons (Fsp3) is 0.345. The number of nitrogens with zero attached hydrogens (tertiary/aromatic N) is 3. The summed E-state index contributed by atoms with van der Waals surface area (Å²) >= 11 is 0. The Morgan fingerprint density at radius 1 is 0.889 bits per heavy atom. The number of carbonyl (C=O) groups is 1. The lowest BCUT2D eigenvalue weighted by atomic mass is 9.93. The van der Waals surface area contributed by atoms with Gasteiger partial charge in [0.25, 0.3) is 0 Å². The van der Waals surface area contributed by atoms with Gasteiger partial charge in [-0.2, -0.15) is 0 Å². The first kappa shape index (κ1) is 26.1. The predicted molar refractivity (Wildman–Crippen MR) is 143 cm³/mol. The van der Waals surface area contributed by atoms with Gasteiger partial charge in [0.1, 0.15) is 11.6 Å². The molecule has 0 radical (unpaired) electrons. The molecule has 3 aromatic rings. The van der Waals surface area contributed by atoms with E-state index in [1.807, 2.05) is 9.80 Å². The van der Waals surface area contributed by atoms with Crippen LogP contribution in [0.1, 0.15) is 29.9 Å². The Hall–Kier alpha value is -2.96. The van der Waals surface area contributed by atoms with Crippen LogP contribution in [0.5, 0.6) is 0 Å². The van der Waals surface area contributed by atoms with Gasteiger partial charge < -0.3 is 14.7 Å². The minimum atomic E-state index is -0.578. The minimum absolute atomic E-state index is 0. The molecule has 5 rings (SSSR count). The van der Waals surface area contributed by atoms with E-state index in [0.717, 1.165) is 19.0 Å². The maximum Gasteiger partial charge on any atom is 0.223 e. The molecule has 7 heteroatoms. The van der Waals surface area contributed by atoms with Gasteiger partial charge in [0, 0.05) is 51.1 Å². The van der Waals surface area contributed by atoms with Gasteiger partial charge in [-0.3, -0.25) is 4.79 Å². The van der Waals surface area contributed by atoms with Crippen LogP contribution in [0, 0.1) is 11.6 Å². The molecule has 0 aromatic heterocycles. The zero-order chi connectivity index (χ0) is 24.4. The number of piperazine rings is 1. The van der Waals surface area contributed by atoms with Gasteiger partial charge in [-0.1, -0.05) is 48.5 Å². The fourth-order valence-corrected chi connectivity index (χ4v) is 5.41. The first-order valence-corrected chi connectivity index (χ1v) is 12.4. The zero-order valence-electron chi connectivity index (χ0n) is 20.5. The standard InChI is InChI=1S/C29H31F2N3O.ClH/c1-32(14-12-26-24-8-4-2-6-22(24)23-7-3-5-9-25(23)26)15-13-29(35)34-18-16-33(17-19-34)28-11-10-21(30)20-27(28)31;/h2-11,20,26H,12-19H2,1H3;1H. The van der Waals surface area contributed by atoms with Crippen molar-refractivity contribution in [3.63, 3.8) is 0 Å². The number of amides is 1. The van der Waals surface area contributed by atoms with E-state index in [1.165, 1.54) is 34.4 Å². The van der Waals surface area contributed by atoms with E-state index in [4.69, 9.17) is 0 Å². The molecule has 36 heavy (non-hydrogen) atoms. The molecule has 1 saturated heterocycles. The van der Waals surface area contributed by atoms with Crippen molar-refractivity contribution in [2.75, 3.05) is 51.2 Å². The van der Waals surface area contributed by atoms with Crippen LogP contribution in [-0.4, -0.2) is 62.0 Å². The van der Waals surface area contributed by atoms with Gasteiger partial charge in [-0.05, 0) is 54.4 Å². The highest BCUT2D eigenvalue weighted by atomic mass is 35.5. The van der Waals surface area contributed by atoms with Gasteiger partial charge in [-0.25, -0.2) is 8.78 Å². The first-order valence-electron chi connectivity index (χ1n) is 12.4. The van der Waals surface area contributed by atoms with Gasteiger partial charge >= 0.3 is 0 Å². The Kier molecular flexibility index (Phi) is 8.27. The monoisotopic (exact) mass is 511 g/mol. The van der Waals surface area contributed by atoms with Crippen molar-refractivity contribution in [2.24, 2.45) is 0 Å².